The van der Waals surface area contributed by atoms with E-state index < -0.39 is 161 Å². The lowest BCUT2D eigenvalue weighted by atomic mass is 9.79. The first-order valence-corrected chi connectivity index (χ1v) is 30.8. The van der Waals surface area contributed by atoms with E-state index in [4.69, 9.17) is 88.6 Å². The van der Waals surface area contributed by atoms with Crippen molar-refractivity contribution in [2.45, 2.75) is 195 Å². The molecule has 18 nitrogen and oxygen atoms in total. The zero-order valence-corrected chi connectivity index (χ0v) is 54.8. The molecule has 6 heterocycles. The summed E-state index contributed by atoms with van der Waals surface area (Å²) in [6, 6.07) is 2.20. The van der Waals surface area contributed by atoms with Gasteiger partial charge in [-0.3, -0.25) is 29.1 Å². The van der Waals surface area contributed by atoms with Crippen molar-refractivity contribution in [3.05, 3.63) is 69.8 Å². The number of carbonyl (C=O) groups excluding carboxylic acids is 3. The van der Waals surface area contributed by atoms with Gasteiger partial charge in [-0.1, -0.05) is 82.9 Å². The van der Waals surface area contributed by atoms with Crippen LogP contribution in [-0.2, 0) is 47.9 Å². The molecule has 3 aromatic carbocycles. The van der Waals surface area contributed by atoms with Crippen molar-refractivity contribution in [3.63, 3.8) is 0 Å². The van der Waals surface area contributed by atoms with Crippen LogP contribution >= 0.6 is 0 Å². The molecule has 12 unspecified atom stereocenters. The van der Waals surface area contributed by atoms with E-state index in [2.05, 4.69) is 0 Å². The molecule has 3 fully saturated rings. The van der Waals surface area contributed by atoms with E-state index in [0.29, 0.717) is 77.6 Å². The van der Waals surface area contributed by atoms with Crippen LogP contribution in [0.2, 0.25) is 0 Å². The van der Waals surface area contributed by atoms with Gasteiger partial charge < -0.3 is 59.8 Å². The number of nitrogens with zero attached hydrogens (tertiary/aromatic N) is 3. The van der Waals surface area contributed by atoms with E-state index in [0.717, 1.165) is 31.9 Å². The maximum atomic E-state index is 13.0. The highest BCUT2D eigenvalue weighted by molar-refractivity contribution is 5.77. The van der Waals surface area contributed by atoms with Gasteiger partial charge in [-0.15, -0.1) is 0 Å². The van der Waals surface area contributed by atoms with Gasteiger partial charge in [0.1, 0.15) is 36.4 Å². The number of piperidine rings is 3. The van der Waals surface area contributed by atoms with Gasteiger partial charge in [0, 0.05) is 119 Å². The van der Waals surface area contributed by atoms with Gasteiger partial charge >= 0.3 is 17.9 Å². The predicted octanol–water partition coefficient (Wildman–Crippen LogP) is 10.7. The van der Waals surface area contributed by atoms with Crippen molar-refractivity contribution in [1.29, 1.82) is 0 Å². The molecule has 0 radical (unpaired) electrons. The van der Waals surface area contributed by atoms with Crippen LogP contribution < -0.4 is 45.6 Å². The standard InChI is InChI=1S/3C24H38N2O4/c3*1-14(2)9-17-13-26-8-7-16-10-21(28-5)22(29-6)11-18(16)19(26)12-20(17)30-24(27)23(25)15(3)4/h3*10-11,14-15,17,19-20,23H,7-9,12-13,25H2,1-6H3/t3*17?,19?,20?,23-/m000/s1/i1D3,9D2,14D,19D,20D;1D3,5D3,9D2,14D,19D;1D3,9D2,14D,19D/t3*14?,17?,19?,20?,23-. The molecule has 6 aliphatic rings. The molecule has 0 spiro atoms. The van der Waals surface area contributed by atoms with E-state index >= 15 is 0 Å². The lowest BCUT2D eigenvalue weighted by Crippen LogP contribution is -2.51. The lowest BCUT2D eigenvalue weighted by Gasteiger charge is -2.47. The smallest absolute Gasteiger partial charge is 0.323 e. The highest BCUT2D eigenvalue weighted by Crippen LogP contribution is 2.48. The first-order valence-electron chi connectivity index (χ1n) is 43.3. The summed E-state index contributed by atoms with van der Waals surface area (Å²) < 4.78 is 259. The molecular formula is C72H114N6O12. The van der Waals surface area contributed by atoms with Crippen molar-refractivity contribution in [2.75, 3.05) is 81.9 Å². The fraction of sp³-hybridized carbons (Fsp3) is 0.708. The number of ether oxygens (including phenoxy) is 9. The second-order valence-corrected chi connectivity index (χ2v) is 24.7. The summed E-state index contributed by atoms with van der Waals surface area (Å²) in [6.45, 7) is 4.78. The second-order valence-electron chi connectivity index (χ2n) is 24.7. The van der Waals surface area contributed by atoms with Crippen molar-refractivity contribution in [3.8, 4) is 34.5 Å². The van der Waals surface area contributed by atoms with Gasteiger partial charge in [-0.2, -0.15) is 0 Å². The average molecular weight is 1280 g/mol. The van der Waals surface area contributed by atoms with Gasteiger partial charge in [0.05, 0.1) is 52.2 Å². The van der Waals surface area contributed by atoms with Crippen molar-refractivity contribution in [1.82, 2.24) is 14.7 Å². The maximum absolute atomic E-state index is 13.0. The second kappa shape index (κ2) is 32.5. The quantitative estimate of drug-likeness (QED) is 0.0666. The number of rotatable bonds is 21. The highest BCUT2D eigenvalue weighted by atomic mass is 16.6. The molecule has 504 valence electrons. The molecule has 15 atom stereocenters. The molecule has 9 rings (SSSR count). The molecule has 6 N–H and O–H groups in total. The monoisotopic (exact) mass is 1280 g/mol. The SMILES string of the molecule is [2H]C([2H])([2H])Oc1cc2c(cc1OC)C1([2H])CC(OC(=O)[C@@H](N)C(C)C)C(C([2H])([2H])C([2H])(C)C([2H])([2H])[2H])CN1CC2.[2H]C1(OC(=O)[C@@H](N)C(C)C)CC2([2H])c3cc(OC)c(OC)cc3CCN2CC1C([2H])([2H])C([2H])(C)C([2H])([2H])[2H].[2H]C12CC(OC(=O)[C@@H](N)C(C)C)C(C([2H])([2H])C([2H])(C)C([2H])([2H])[2H])CN1CCc1cc(OC)c(OC)cc12. The Kier molecular flexibility index (Phi) is 16.0. The minimum Gasteiger partial charge on any atom is -0.493 e. The molecule has 18 heteroatoms. The summed E-state index contributed by atoms with van der Waals surface area (Å²) in [5.74, 6) is -13.2. The third-order valence-electron chi connectivity index (χ3n) is 17.3. The van der Waals surface area contributed by atoms with Crippen LogP contribution in [0.15, 0.2) is 36.4 Å². The van der Waals surface area contributed by atoms with Crippen LogP contribution in [0.3, 0.4) is 0 Å². The van der Waals surface area contributed by atoms with E-state index in [1.165, 1.54) is 47.7 Å². The summed E-state index contributed by atoms with van der Waals surface area (Å²) >= 11 is 0. The molecule has 90 heavy (non-hydrogen) atoms. The van der Waals surface area contributed by atoms with Crippen LogP contribution in [0.1, 0.15) is 207 Å². The molecule has 0 saturated carbocycles. The lowest BCUT2D eigenvalue weighted by molar-refractivity contribution is -0.161. The van der Waals surface area contributed by atoms with Crippen molar-refractivity contribution in [2.24, 2.45) is 70.4 Å². The molecule has 0 aliphatic carbocycles. The molecule has 3 saturated heterocycles. The number of nitrogens with two attached hydrogens (primary N) is 3. The Hall–Kier alpha value is -5.37. The Morgan fingerprint density at radius 1 is 0.478 bits per heavy atom. The molecule has 3 aromatic rings. The van der Waals surface area contributed by atoms with Gasteiger partial charge in [0.25, 0.3) is 0 Å². The van der Waals surface area contributed by atoms with E-state index in [-0.39, 0.29) is 68.3 Å². The average Bonchev–Trinajstić information content (AvgIpc) is 0.709. The fourth-order valence-electron chi connectivity index (χ4n) is 12.1. The minimum absolute atomic E-state index is 0.0168. The number of fused-ring (bicyclic) bond motifs is 9. The van der Waals surface area contributed by atoms with Crippen molar-refractivity contribution >= 4 is 17.9 Å². The Morgan fingerprint density at radius 3 is 1.10 bits per heavy atom. The number of hydrogen-bond donors (Lipinski definition) is 3. The van der Waals surface area contributed by atoms with E-state index in [9.17, 15) is 19.9 Å². The van der Waals surface area contributed by atoms with Gasteiger partial charge in [-0.25, -0.2) is 0 Å². The number of esters is 3. The van der Waals surface area contributed by atoms with Gasteiger partial charge in [-0.05, 0) is 144 Å². The number of carbonyl (C=O) groups is 3. The van der Waals surface area contributed by atoms with Crippen molar-refractivity contribution < 1.29 is 91.3 Å². The molecule has 0 aromatic heterocycles. The normalized spacial score (nSPS) is 35.2. The Bertz CT molecular complexity index is 3980. The van der Waals surface area contributed by atoms with Gasteiger partial charge in [0.2, 0.25) is 0 Å². The minimum atomic E-state index is -3.04. The number of methoxy groups -OCH3 is 6. The summed E-state index contributed by atoms with van der Waals surface area (Å²) in [7, 11) is 4.58. The predicted molar refractivity (Wildman–Crippen MR) is 353 cm³/mol. The zero-order chi connectivity index (χ0) is 87.8. The number of hydrogen-bond acceptors (Lipinski definition) is 18. The Labute approximate surface area is 574 Å². The summed E-state index contributed by atoms with van der Waals surface area (Å²) in [4.78, 5) is 44.0. The summed E-state index contributed by atoms with van der Waals surface area (Å²) in [6.07, 6.45) is -12.5. The molecular weight excluding hydrogens is 1140 g/mol. The van der Waals surface area contributed by atoms with Gasteiger partial charge in [0.15, 0.2) is 34.5 Å². The third-order valence-corrected chi connectivity index (χ3v) is 17.3. The van der Waals surface area contributed by atoms with Crippen LogP contribution in [0.5, 0.6) is 34.5 Å². The fourth-order valence-corrected chi connectivity index (χ4v) is 12.1. The van der Waals surface area contributed by atoms with Crippen LogP contribution in [0.25, 0.3) is 0 Å². The summed E-state index contributed by atoms with van der Waals surface area (Å²) in [5.41, 5.74) is 21.8. The Morgan fingerprint density at radius 2 is 0.778 bits per heavy atom. The van der Waals surface area contributed by atoms with Crippen LogP contribution in [-0.4, -0.2) is 151 Å². The first kappa shape index (κ1) is 44.3. The molecule has 0 amide bonds. The number of benzene rings is 3. The van der Waals surface area contributed by atoms with E-state index in [1.54, 1.807) is 74.4 Å². The largest absolute Gasteiger partial charge is 0.493 e. The maximum Gasteiger partial charge on any atom is 0.323 e. The topological polar surface area (TPSA) is 222 Å². The highest BCUT2D eigenvalue weighted by Gasteiger charge is 2.45. The first-order chi connectivity index (χ1) is 52.2. The van der Waals surface area contributed by atoms with Crippen LogP contribution in [0.4, 0.5) is 0 Å². The third kappa shape index (κ3) is 17.5. The van der Waals surface area contributed by atoms with E-state index in [1.807, 2.05) is 6.07 Å². The Balaban J connectivity index is 0.000000239. The van der Waals surface area contributed by atoms with Crippen LogP contribution in [0, 0.1) is 53.2 Å². The summed E-state index contributed by atoms with van der Waals surface area (Å²) in [5, 5.41) is 0. The zero-order valence-electron chi connectivity index (χ0n) is 79.8. The molecule has 6 aliphatic heterocycles. The molecule has 0 bridgehead atoms.